The molecule has 4 nitrogen and oxygen atoms in total. The highest BCUT2D eigenvalue weighted by atomic mass is 16.3. The van der Waals surface area contributed by atoms with Crippen LogP contribution in [0.3, 0.4) is 0 Å². The first-order chi connectivity index (χ1) is 29.6. The Bertz CT molecular complexity index is 3250. The van der Waals surface area contributed by atoms with Gasteiger partial charge in [-0.15, -0.1) is 0 Å². The summed E-state index contributed by atoms with van der Waals surface area (Å²) in [5.74, 6) is 0.660. The fraction of sp³-hybridized carbons (Fsp3) is 0.207. The Morgan fingerprint density at radius 3 is 1.58 bits per heavy atom. The van der Waals surface area contributed by atoms with E-state index in [1.165, 1.54) is 38.5 Å². The number of fused-ring (bicyclic) bond motifs is 6. The summed E-state index contributed by atoms with van der Waals surface area (Å²) in [5.41, 5.74) is 16.6. The van der Waals surface area contributed by atoms with Crippen LogP contribution in [-0.2, 0) is 16.2 Å². The molecule has 0 saturated carbocycles. The van der Waals surface area contributed by atoms with E-state index >= 15 is 0 Å². The van der Waals surface area contributed by atoms with Gasteiger partial charge in [-0.05, 0) is 86.5 Å². The summed E-state index contributed by atoms with van der Waals surface area (Å²) in [5, 5.41) is 3.51. The smallest absolute Gasteiger partial charge is 0.180 e. The van der Waals surface area contributed by atoms with Crippen molar-refractivity contribution >= 4 is 43.9 Å². The van der Waals surface area contributed by atoms with Crippen LogP contribution >= 0.6 is 0 Å². The lowest BCUT2D eigenvalue weighted by Crippen LogP contribution is -2.18. The Morgan fingerprint density at radius 2 is 1.00 bits per heavy atom. The molecule has 0 N–H and O–H groups in total. The molecule has 0 spiro atoms. The van der Waals surface area contributed by atoms with Gasteiger partial charge in [0.05, 0.1) is 16.7 Å². The molecule has 0 fully saturated rings. The topological polar surface area (TPSA) is 43.9 Å². The van der Waals surface area contributed by atoms with Crippen molar-refractivity contribution in [1.82, 2.24) is 14.5 Å². The van der Waals surface area contributed by atoms with E-state index in [9.17, 15) is 0 Å². The summed E-state index contributed by atoms with van der Waals surface area (Å²) in [6.07, 6.45) is 0. The van der Waals surface area contributed by atoms with E-state index in [0.717, 1.165) is 61.2 Å². The van der Waals surface area contributed by atoms with E-state index < -0.39 is 0 Å². The van der Waals surface area contributed by atoms with E-state index in [1.54, 1.807) is 0 Å². The summed E-state index contributed by atoms with van der Waals surface area (Å²) >= 11 is 0. The van der Waals surface area contributed by atoms with Crippen LogP contribution in [0.15, 0.2) is 162 Å². The van der Waals surface area contributed by atoms with E-state index in [1.807, 2.05) is 36.4 Å². The molecule has 0 saturated heterocycles. The number of rotatable bonds is 5. The molecule has 3 heterocycles. The maximum Gasteiger partial charge on any atom is 0.180 e. The molecule has 10 rings (SSSR count). The summed E-state index contributed by atoms with van der Waals surface area (Å²) in [6.45, 7) is 21.0. The third-order valence-corrected chi connectivity index (χ3v) is 12.4. The molecule has 0 amide bonds. The zero-order chi connectivity index (χ0) is 43.1. The van der Waals surface area contributed by atoms with Gasteiger partial charge in [-0.1, -0.05) is 178 Å². The number of hydrogen-bond donors (Lipinski definition) is 0. The molecular formula is C58H53N3O. The van der Waals surface area contributed by atoms with Crippen LogP contribution in [0.4, 0.5) is 0 Å². The van der Waals surface area contributed by atoms with E-state index in [0.29, 0.717) is 11.4 Å². The van der Waals surface area contributed by atoms with Crippen molar-refractivity contribution in [1.29, 1.82) is 0 Å². The number of para-hydroxylation sites is 1. The van der Waals surface area contributed by atoms with Crippen LogP contribution in [0.25, 0.3) is 94.5 Å². The highest BCUT2D eigenvalue weighted by molar-refractivity contribution is 6.13. The molecular weight excluding hydrogens is 755 g/mol. The maximum atomic E-state index is 6.74. The number of hydrogen-bond acceptors (Lipinski definition) is 3. The number of nitrogens with zero attached hydrogens (tertiary/aromatic N) is 3. The van der Waals surface area contributed by atoms with Crippen LogP contribution in [0.2, 0.25) is 0 Å². The third kappa shape index (κ3) is 6.70. The van der Waals surface area contributed by atoms with Gasteiger partial charge < -0.3 is 8.98 Å². The van der Waals surface area contributed by atoms with Gasteiger partial charge in [0.1, 0.15) is 16.8 Å². The Kier molecular flexibility index (Phi) is 9.15. The van der Waals surface area contributed by atoms with Crippen molar-refractivity contribution < 1.29 is 4.42 Å². The summed E-state index contributed by atoms with van der Waals surface area (Å²) < 4.78 is 9.33. The lowest BCUT2D eigenvalue weighted by molar-refractivity contribution is 0.572. The van der Waals surface area contributed by atoms with E-state index in [-0.39, 0.29) is 16.2 Å². The number of aromatic nitrogens is 3. The van der Waals surface area contributed by atoms with Gasteiger partial charge in [-0.25, -0.2) is 9.97 Å². The maximum absolute atomic E-state index is 6.74. The predicted octanol–water partition coefficient (Wildman–Crippen LogP) is 16.0. The first-order valence-electron chi connectivity index (χ1n) is 21.8. The molecule has 0 aliphatic carbocycles. The second kappa shape index (κ2) is 14.4. The van der Waals surface area contributed by atoms with Crippen molar-refractivity contribution in [2.24, 2.45) is 0 Å². The third-order valence-electron chi connectivity index (χ3n) is 12.4. The van der Waals surface area contributed by atoms with Crippen molar-refractivity contribution in [3.05, 3.63) is 174 Å². The largest absolute Gasteiger partial charge is 0.452 e. The molecule has 0 aliphatic rings. The Morgan fingerprint density at radius 1 is 0.452 bits per heavy atom. The van der Waals surface area contributed by atoms with Crippen molar-refractivity contribution in [2.45, 2.75) is 78.6 Å². The average Bonchev–Trinajstić information content (AvgIpc) is 3.80. The zero-order valence-corrected chi connectivity index (χ0v) is 37.3. The quantitative estimate of drug-likeness (QED) is 0.174. The van der Waals surface area contributed by atoms with Crippen LogP contribution in [-0.4, -0.2) is 14.5 Å². The molecule has 0 aliphatic heterocycles. The van der Waals surface area contributed by atoms with Gasteiger partial charge in [0.2, 0.25) is 0 Å². The monoisotopic (exact) mass is 807 g/mol. The lowest BCUT2D eigenvalue weighted by atomic mass is 9.79. The van der Waals surface area contributed by atoms with Gasteiger partial charge in [-0.2, -0.15) is 0 Å². The van der Waals surface area contributed by atoms with Gasteiger partial charge in [-0.3, -0.25) is 0 Å². The molecule has 4 heteroatoms. The summed E-state index contributed by atoms with van der Waals surface area (Å²) in [4.78, 5) is 10.6. The average molecular weight is 808 g/mol. The van der Waals surface area contributed by atoms with Crippen molar-refractivity contribution in [2.75, 3.05) is 0 Å². The first-order valence-corrected chi connectivity index (χ1v) is 21.8. The van der Waals surface area contributed by atoms with E-state index in [2.05, 4.69) is 188 Å². The van der Waals surface area contributed by atoms with Gasteiger partial charge in [0.25, 0.3) is 0 Å². The molecule has 62 heavy (non-hydrogen) atoms. The summed E-state index contributed by atoms with van der Waals surface area (Å²) in [7, 11) is 0. The molecule has 3 aromatic heterocycles. The van der Waals surface area contributed by atoms with Crippen LogP contribution in [0.5, 0.6) is 0 Å². The van der Waals surface area contributed by atoms with Gasteiger partial charge in [0, 0.05) is 38.4 Å². The molecule has 7 aromatic carbocycles. The number of benzene rings is 7. The molecule has 0 radical (unpaired) electrons. The lowest BCUT2D eigenvalue weighted by Gasteiger charge is -2.28. The minimum Gasteiger partial charge on any atom is -0.452 e. The molecule has 0 bridgehead atoms. The normalized spacial score (nSPS) is 12.6. The first kappa shape index (κ1) is 39.4. The second-order valence-electron chi connectivity index (χ2n) is 19.9. The van der Waals surface area contributed by atoms with E-state index in [4.69, 9.17) is 14.4 Å². The Balaban J connectivity index is 1.41. The van der Waals surface area contributed by atoms with Crippen molar-refractivity contribution in [3.63, 3.8) is 0 Å². The number of furan rings is 1. The van der Waals surface area contributed by atoms with Crippen LogP contribution in [0, 0.1) is 0 Å². The summed E-state index contributed by atoms with van der Waals surface area (Å²) in [6, 6.07) is 56.9. The highest BCUT2D eigenvalue weighted by Crippen LogP contribution is 2.48. The SMILES string of the molecule is CC(C)(C)c1ccc2c(c1)c1cc(C(C)(C)C)cc(C(C)(C)C)c1n2-c1c(-c2ccccc2)cc(-c2nc(-c3ccccc3)nc3c2oc2ccccc23)cc1-c1ccccc1. The molecule has 10 aromatic rings. The zero-order valence-electron chi connectivity index (χ0n) is 37.3. The molecule has 306 valence electrons. The molecule has 0 unspecified atom stereocenters. The van der Waals surface area contributed by atoms with Gasteiger partial charge in [0.15, 0.2) is 11.4 Å². The standard InChI is InChI=1S/C58H53N3O/c1-56(2,3)40-29-30-48-45(33-40)46-34-41(57(4,5)6)35-47(58(7,8)9)53(46)61(48)52-43(36-21-13-10-14-22-36)31-39(32-44(52)37-23-15-11-16-24-37)50-54-51(42-27-19-20-28-49(42)62-54)60-55(59-50)38-25-17-12-18-26-38/h10-35H,1-9H3. The predicted molar refractivity (Wildman–Crippen MR) is 261 cm³/mol. The minimum atomic E-state index is -0.167. The Hall–Kier alpha value is -6.78. The highest BCUT2D eigenvalue weighted by Gasteiger charge is 2.30. The van der Waals surface area contributed by atoms with Crippen LogP contribution in [0.1, 0.15) is 79.0 Å². The van der Waals surface area contributed by atoms with Crippen molar-refractivity contribution in [3.8, 4) is 50.6 Å². The molecule has 0 atom stereocenters. The fourth-order valence-corrected chi connectivity index (χ4v) is 9.04. The van der Waals surface area contributed by atoms with Gasteiger partial charge >= 0.3 is 0 Å². The second-order valence-corrected chi connectivity index (χ2v) is 19.9. The van der Waals surface area contributed by atoms with Crippen LogP contribution < -0.4 is 0 Å². The fourth-order valence-electron chi connectivity index (χ4n) is 9.04. The Labute approximate surface area is 364 Å². The minimum absolute atomic E-state index is 0.0265.